The van der Waals surface area contributed by atoms with Crippen LogP contribution in [0.25, 0.3) is 0 Å². The molecule has 10 heteroatoms. The zero-order valence-electron chi connectivity index (χ0n) is 23.7. The average Bonchev–Trinajstić information content (AvgIpc) is 3.00. The van der Waals surface area contributed by atoms with Crippen molar-refractivity contribution in [3.63, 3.8) is 0 Å². The van der Waals surface area contributed by atoms with Gasteiger partial charge in [-0.25, -0.2) is 0 Å². The molecule has 3 aromatic carbocycles. The predicted molar refractivity (Wildman–Crippen MR) is 157 cm³/mol. The van der Waals surface area contributed by atoms with E-state index in [1.165, 1.54) is 19.2 Å². The van der Waals surface area contributed by atoms with E-state index >= 15 is 0 Å². The number of non-ortho nitro benzene ring substituents is 1. The van der Waals surface area contributed by atoms with Gasteiger partial charge in [0.05, 0.1) is 31.9 Å². The van der Waals surface area contributed by atoms with E-state index in [2.05, 4.69) is 10.6 Å². The number of Topliss-reactive ketones (excluding diaryl/α,β-unsaturated/α-hetero) is 1. The van der Waals surface area contributed by atoms with Gasteiger partial charge in [0.1, 0.15) is 5.75 Å². The van der Waals surface area contributed by atoms with Crippen LogP contribution in [0, 0.1) is 10.1 Å². The predicted octanol–water partition coefficient (Wildman–Crippen LogP) is 5.62. The second-order valence-electron chi connectivity index (χ2n) is 10.1. The van der Waals surface area contributed by atoms with Crippen LogP contribution in [0.5, 0.6) is 17.2 Å². The van der Waals surface area contributed by atoms with Crippen LogP contribution in [-0.2, 0) is 9.59 Å². The summed E-state index contributed by atoms with van der Waals surface area (Å²) in [4.78, 5) is 38.7. The van der Waals surface area contributed by atoms with E-state index in [-0.39, 0.29) is 23.8 Å². The molecule has 10 nitrogen and oxygen atoms in total. The van der Waals surface area contributed by atoms with E-state index in [4.69, 9.17) is 14.2 Å². The summed E-state index contributed by atoms with van der Waals surface area (Å²) in [5.41, 5.74) is 4.09. The minimum Gasteiger partial charge on any atom is -0.495 e. The minimum atomic E-state index is -0.726. The highest BCUT2D eigenvalue weighted by Gasteiger charge is 2.41. The fourth-order valence-electron chi connectivity index (χ4n) is 5.74. The van der Waals surface area contributed by atoms with E-state index < -0.39 is 16.7 Å². The number of ketones is 1. The molecule has 42 heavy (non-hydrogen) atoms. The number of nitrogens with one attached hydrogen (secondary N) is 2. The molecule has 0 radical (unpaired) electrons. The molecule has 216 valence electrons. The molecule has 0 unspecified atom stereocenters. The fourth-order valence-corrected chi connectivity index (χ4v) is 5.74. The molecule has 0 saturated heterocycles. The highest BCUT2D eigenvalue weighted by atomic mass is 16.6. The van der Waals surface area contributed by atoms with Crippen molar-refractivity contribution in [3.8, 4) is 17.2 Å². The van der Waals surface area contributed by atoms with Crippen LogP contribution >= 0.6 is 0 Å². The van der Waals surface area contributed by atoms with Crippen molar-refractivity contribution >= 4 is 23.1 Å². The quantitative estimate of drug-likeness (QED) is 0.264. The first-order valence-electron chi connectivity index (χ1n) is 13.4. The van der Waals surface area contributed by atoms with Crippen molar-refractivity contribution < 1.29 is 28.7 Å². The normalized spacial score (nSPS) is 18.1. The van der Waals surface area contributed by atoms with Crippen LogP contribution in [0.15, 0.2) is 89.3 Å². The maximum absolute atomic E-state index is 13.9. The molecule has 5 rings (SSSR count). The van der Waals surface area contributed by atoms with Crippen LogP contribution in [0.1, 0.15) is 42.7 Å². The number of anilines is 1. The van der Waals surface area contributed by atoms with Gasteiger partial charge in [0.25, 0.3) is 11.6 Å². The number of benzene rings is 3. The Morgan fingerprint density at radius 2 is 1.57 bits per heavy atom. The number of rotatable bonds is 8. The van der Waals surface area contributed by atoms with Crippen LogP contribution in [0.3, 0.4) is 0 Å². The van der Waals surface area contributed by atoms with Gasteiger partial charge in [0.15, 0.2) is 17.3 Å². The van der Waals surface area contributed by atoms with Crippen molar-refractivity contribution in [3.05, 3.63) is 111 Å². The summed E-state index contributed by atoms with van der Waals surface area (Å²) in [6.07, 6.45) is 0.749. The fraction of sp³-hybridized carbons (Fsp3) is 0.250. The van der Waals surface area contributed by atoms with Crippen LogP contribution in [-0.4, -0.2) is 37.9 Å². The number of carbonyl (C=O) groups excluding carboxylic acids is 2. The molecule has 2 N–H and O–H groups in total. The summed E-state index contributed by atoms with van der Waals surface area (Å²) in [6.45, 7) is 1.80. The topological polar surface area (TPSA) is 129 Å². The zero-order valence-corrected chi connectivity index (χ0v) is 23.7. The van der Waals surface area contributed by atoms with Gasteiger partial charge < -0.3 is 24.8 Å². The first-order valence-corrected chi connectivity index (χ1v) is 13.4. The molecule has 2 aliphatic rings. The lowest BCUT2D eigenvalue weighted by Crippen LogP contribution is -2.37. The van der Waals surface area contributed by atoms with Gasteiger partial charge in [-0.1, -0.05) is 30.3 Å². The highest BCUT2D eigenvalue weighted by Crippen LogP contribution is 2.46. The number of dihydropyridines is 1. The van der Waals surface area contributed by atoms with Crippen LogP contribution in [0.4, 0.5) is 11.4 Å². The third-order valence-corrected chi connectivity index (χ3v) is 7.74. The third kappa shape index (κ3) is 5.30. The number of amides is 1. The number of nitro benzene ring substituents is 1. The Bertz CT molecular complexity index is 1630. The molecule has 0 spiro atoms. The van der Waals surface area contributed by atoms with Gasteiger partial charge in [-0.15, -0.1) is 0 Å². The largest absolute Gasteiger partial charge is 0.495 e. The molecule has 3 aromatic rings. The summed E-state index contributed by atoms with van der Waals surface area (Å²) < 4.78 is 16.3. The Kier molecular flexibility index (Phi) is 7.97. The molecule has 0 aromatic heterocycles. The Balaban J connectivity index is 1.56. The number of hydrogen-bond acceptors (Lipinski definition) is 8. The monoisotopic (exact) mass is 569 g/mol. The van der Waals surface area contributed by atoms with Gasteiger partial charge in [0, 0.05) is 47.0 Å². The number of carbonyl (C=O) groups is 2. The second kappa shape index (κ2) is 11.8. The smallest absolute Gasteiger partial charge is 0.269 e. The summed E-state index contributed by atoms with van der Waals surface area (Å²) in [5.74, 6) is 0.298. The van der Waals surface area contributed by atoms with Crippen molar-refractivity contribution in [1.29, 1.82) is 0 Å². The number of hydrogen-bond donors (Lipinski definition) is 2. The number of ether oxygens (including phenoxy) is 3. The molecular formula is C32H31N3O7. The van der Waals surface area contributed by atoms with E-state index in [0.29, 0.717) is 51.8 Å². The number of allylic oxidation sites excluding steroid dienone is 3. The Morgan fingerprint density at radius 3 is 2.24 bits per heavy atom. The first-order chi connectivity index (χ1) is 20.2. The highest BCUT2D eigenvalue weighted by molar-refractivity contribution is 6.10. The van der Waals surface area contributed by atoms with Crippen LogP contribution < -0.4 is 24.8 Å². The zero-order chi connectivity index (χ0) is 30.0. The SMILES string of the molecule is COc1ccccc1NC(=O)C1=C(C)NC2=C(C(=O)C[C@H](c3ccc(OC)c(OC)c3)C2)[C@@H]1c1ccc([N+](=O)[O-])cc1. The Morgan fingerprint density at radius 1 is 0.905 bits per heavy atom. The molecule has 1 amide bonds. The van der Waals surface area contributed by atoms with Crippen molar-refractivity contribution in [2.24, 2.45) is 0 Å². The van der Waals surface area contributed by atoms with Gasteiger partial charge in [-0.3, -0.25) is 19.7 Å². The lowest BCUT2D eigenvalue weighted by Gasteiger charge is -2.37. The molecular weight excluding hydrogens is 538 g/mol. The maximum Gasteiger partial charge on any atom is 0.269 e. The van der Waals surface area contributed by atoms with Crippen molar-refractivity contribution in [2.75, 3.05) is 26.6 Å². The minimum absolute atomic E-state index is 0.0777. The van der Waals surface area contributed by atoms with Gasteiger partial charge in [0.2, 0.25) is 0 Å². The van der Waals surface area contributed by atoms with Crippen LogP contribution in [0.2, 0.25) is 0 Å². The molecule has 0 fully saturated rings. The molecule has 1 aliphatic carbocycles. The molecule has 1 aliphatic heterocycles. The Hall–Kier alpha value is -5.12. The van der Waals surface area contributed by atoms with E-state index in [9.17, 15) is 19.7 Å². The van der Waals surface area contributed by atoms with Crippen molar-refractivity contribution in [1.82, 2.24) is 5.32 Å². The molecule has 0 bridgehead atoms. The summed E-state index contributed by atoms with van der Waals surface area (Å²) in [7, 11) is 4.65. The van der Waals surface area contributed by atoms with Crippen molar-refractivity contribution in [2.45, 2.75) is 31.6 Å². The standard InChI is InChI=1S/C32H31N3O7/c1-18-29(32(37)34-23-7-5-6-8-26(23)40-2)30(19-9-12-22(13-10-19)35(38)39)31-24(33-18)15-21(16-25(31)36)20-11-14-27(41-3)28(17-20)42-4/h5-14,17,21,30,33H,15-16H2,1-4H3,(H,34,37)/t21-,30-/m1/s1. The summed E-state index contributed by atoms with van der Waals surface area (Å²) in [6, 6.07) is 18.7. The summed E-state index contributed by atoms with van der Waals surface area (Å²) >= 11 is 0. The van der Waals surface area contributed by atoms with Gasteiger partial charge in [-0.05, 0) is 54.7 Å². The summed E-state index contributed by atoms with van der Waals surface area (Å²) in [5, 5.41) is 17.6. The number of para-hydroxylation sites is 2. The van der Waals surface area contributed by atoms with E-state index in [1.54, 1.807) is 57.5 Å². The first kappa shape index (κ1) is 28.4. The number of nitro groups is 1. The van der Waals surface area contributed by atoms with Gasteiger partial charge in [-0.2, -0.15) is 0 Å². The average molecular weight is 570 g/mol. The molecule has 2 atom stereocenters. The van der Waals surface area contributed by atoms with Gasteiger partial charge >= 0.3 is 0 Å². The Labute approximate surface area is 243 Å². The maximum atomic E-state index is 13.9. The molecule has 1 heterocycles. The van der Waals surface area contributed by atoms with E-state index in [0.717, 1.165) is 11.3 Å². The lowest BCUT2D eigenvalue weighted by molar-refractivity contribution is -0.384. The number of nitrogens with zero attached hydrogens (tertiary/aromatic N) is 1. The molecule has 0 saturated carbocycles. The third-order valence-electron chi connectivity index (χ3n) is 7.74. The second-order valence-corrected chi connectivity index (χ2v) is 10.1. The number of methoxy groups -OCH3 is 3. The van der Waals surface area contributed by atoms with E-state index in [1.807, 2.05) is 18.2 Å². The lowest BCUT2D eigenvalue weighted by atomic mass is 9.71.